The van der Waals surface area contributed by atoms with Gasteiger partial charge in [-0.1, -0.05) is 31.9 Å². The molecule has 1 unspecified atom stereocenters. The van der Waals surface area contributed by atoms with Gasteiger partial charge in [0.25, 0.3) is 0 Å². The maximum absolute atomic E-state index is 14.3. The highest BCUT2D eigenvalue weighted by Crippen LogP contribution is 2.45. The summed E-state index contributed by atoms with van der Waals surface area (Å²) >= 11 is 0. The summed E-state index contributed by atoms with van der Waals surface area (Å²) in [5, 5.41) is 0. The van der Waals surface area contributed by atoms with Crippen molar-refractivity contribution in [2.24, 2.45) is 23.7 Å². The number of hydrogen-bond acceptors (Lipinski definition) is 1. The first-order valence-electron chi connectivity index (χ1n) is 11.3. The molecular formula is C25H34F2O. The summed E-state index contributed by atoms with van der Waals surface area (Å²) in [5.74, 6) is 1.94. The molecule has 0 bridgehead atoms. The predicted molar refractivity (Wildman–Crippen MR) is 109 cm³/mol. The fraction of sp³-hybridized carbons (Fsp3) is 0.680. The third-order valence-corrected chi connectivity index (χ3v) is 7.75. The third kappa shape index (κ3) is 4.14. The van der Waals surface area contributed by atoms with E-state index in [1.165, 1.54) is 56.9 Å². The van der Waals surface area contributed by atoms with Crippen molar-refractivity contribution in [3.05, 3.63) is 46.7 Å². The number of aryl methyl sites for hydroxylation is 1. The Labute approximate surface area is 168 Å². The zero-order valence-electron chi connectivity index (χ0n) is 17.4. The molecule has 0 saturated heterocycles. The van der Waals surface area contributed by atoms with Crippen LogP contribution in [0, 0.1) is 42.2 Å². The number of rotatable bonds is 3. The van der Waals surface area contributed by atoms with Gasteiger partial charge in [-0.3, -0.25) is 0 Å². The summed E-state index contributed by atoms with van der Waals surface area (Å²) < 4.78 is 34.0. The molecule has 0 aromatic heterocycles. The van der Waals surface area contributed by atoms with Crippen LogP contribution in [0.1, 0.15) is 88.4 Å². The molecule has 0 radical (unpaired) electrons. The van der Waals surface area contributed by atoms with Crippen LogP contribution in [0.25, 0.3) is 0 Å². The van der Waals surface area contributed by atoms with Crippen molar-refractivity contribution in [3.8, 4) is 0 Å². The number of hydrogen-bond donors (Lipinski definition) is 0. The topological polar surface area (TPSA) is 9.23 Å². The van der Waals surface area contributed by atoms with E-state index in [1.807, 2.05) is 6.26 Å². The summed E-state index contributed by atoms with van der Waals surface area (Å²) in [4.78, 5) is 0. The van der Waals surface area contributed by atoms with E-state index in [2.05, 4.69) is 6.92 Å². The van der Waals surface area contributed by atoms with Gasteiger partial charge < -0.3 is 4.74 Å². The second-order valence-corrected chi connectivity index (χ2v) is 9.59. The number of halogens is 2. The molecule has 3 aliphatic rings. The van der Waals surface area contributed by atoms with Crippen LogP contribution < -0.4 is 0 Å². The molecule has 1 aliphatic heterocycles. The van der Waals surface area contributed by atoms with Gasteiger partial charge in [-0.25, -0.2) is 8.78 Å². The van der Waals surface area contributed by atoms with Gasteiger partial charge in [0.05, 0.1) is 6.26 Å². The Morgan fingerprint density at radius 3 is 2.07 bits per heavy atom. The molecule has 28 heavy (non-hydrogen) atoms. The van der Waals surface area contributed by atoms with Gasteiger partial charge in [-0.15, -0.1) is 0 Å². The van der Waals surface area contributed by atoms with E-state index in [0.717, 1.165) is 30.6 Å². The smallest absolute Gasteiger partial charge is 0.165 e. The lowest BCUT2D eigenvalue weighted by Gasteiger charge is -2.38. The van der Waals surface area contributed by atoms with Crippen LogP contribution in [0.4, 0.5) is 8.78 Å². The Morgan fingerprint density at radius 1 is 0.821 bits per heavy atom. The summed E-state index contributed by atoms with van der Waals surface area (Å²) in [6, 6.07) is 3.32. The lowest BCUT2D eigenvalue weighted by Crippen LogP contribution is -2.26. The second kappa shape index (κ2) is 8.55. The Kier molecular flexibility index (Phi) is 6.08. The zero-order valence-corrected chi connectivity index (χ0v) is 17.4. The highest BCUT2D eigenvalue weighted by molar-refractivity contribution is 5.28. The van der Waals surface area contributed by atoms with Crippen LogP contribution >= 0.6 is 0 Å². The van der Waals surface area contributed by atoms with Crippen molar-refractivity contribution in [1.29, 1.82) is 0 Å². The van der Waals surface area contributed by atoms with Crippen LogP contribution in [0.15, 0.2) is 24.0 Å². The van der Waals surface area contributed by atoms with Gasteiger partial charge in [0.15, 0.2) is 11.6 Å². The summed E-state index contributed by atoms with van der Waals surface area (Å²) in [5.41, 5.74) is 2.09. The maximum atomic E-state index is 14.3. The zero-order chi connectivity index (χ0) is 19.7. The van der Waals surface area contributed by atoms with Crippen molar-refractivity contribution >= 4 is 0 Å². The molecule has 0 N–H and O–H groups in total. The van der Waals surface area contributed by atoms with Crippen LogP contribution in [0.2, 0.25) is 0 Å². The van der Waals surface area contributed by atoms with Crippen molar-refractivity contribution in [2.75, 3.05) is 0 Å². The van der Waals surface area contributed by atoms with E-state index in [-0.39, 0.29) is 6.10 Å². The van der Waals surface area contributed by atoms with Gasteiger partial charge in [-0.2, -0.15) is 0 Å². The molecule has 2 fully saturated rings. The Balaban J connectivity index is 1.32. The van der Waals surface area contributed by atoms with Gasteiger partial charge >= 0.3 is 0 Å². The fourth-order valence-electron chi connectivity index (χ4n) is 5.75. The quantitative estimate of drug-likeness (QED) is 0.517. The maximum Gasteiger partial charge on any atom is 0.165 e. The van der Waals surface area contributed by atoms with Crippen LogP contribution in [-0.2, 0) is 4.74 Å². The minimum absolute atomic E-state index is 0.345. The molecule has 0 amide bonds. The molecule has 1 heterocycles. The van der Waals surface area contributed by atoms with Crippen molar-refractivity contribution in [3.63, 3.8) is 0 Å². The Bertz CT molecular complexity index is 710. The highest BCUT2D eigenvalue weighted by Gasteiger charge is 2.32. The van der Waals surface area contributed by atoms with Crippen molar-refractivity contribution < 1.29 is 13.5 Å². The minimum atomic E-state index is -0.746. The molecule has 1 aromatic carbocycles. The van der Waals surface area contributed by atoms with Crippen LogP contribution in [0.3, 0.4) is 0 Å². The molecule has 2 aliphatic carbocycles. The molecule has 2 saturated carbocycles. The third-order valence-electron chi connectivity index (χ3n) is 7.75. The summed E-state index contributed by atoms with van der Waals surface area (Å²) in [6.07, 6.45) is 14.1. The Hall–Kier alpha value is -1.38. The van der Waals surface area contributed by atoms with Crippen LogP contribution in [-0.4, -0.2) is 0 Å². The predicted octanol–water partition coefficient (Wildman–Crippen LogP) is 7.64. The average molecular weight is 389 g/mol. The fourth-order valence-corrected chi connectivity index (χ4v) is 5.75. The van der Waals surface area contributed by atoms with E-state index in [9.17, 15) is 8.78 Å². The van der Waals surface area contributed by atoms with E-state index in [4.69, 9.17) is 4.74 Å². The minimum Gasteiger partial charge on any atom is -0.493 e. The molecule has 1 nitrogen and oxygen atoms in total. The monoisotopic (exact) mass is 388 g/mol. The Morgan fingerprint density at radius 2 is 1.46 bits per heavy atom. The van der Waals surface area contributed by atoms with Crippen LogP contribution in [0.5, 0.6) is 0 Å². The summed E-state index contributed by atoms with van der Waals surface area (Å²) in [7, 11) is 0. The first-order valence-corrected chi connectivity index (χ1v) is 11.3. The average Bonchev–Trinajstić information content (AvgIpc) is 2.73. The van der Waals surface area contributed by atoms with E-state index < -0.39 is 11.6 Å². The molecular weight excluding hydrogens is 354 g/mol. The number of benzene rings is 1. The molecule has 154 valence electrons. The molecule has 0 spiro atoms. The molecule has 1 aromatic rings. The lowest BCUT2D eigenvalue weighted by atomic mass is 9.68. The van der Waals surface area contributed by atoms with Crippen molar-refractivity contribution in [2.45, 2.75) is 84.2 Å². The van der Waals surface area contributed by atoms with E-state index >= 15 is 0 Å². The lowest BCUT2D eigenvalue weighted by molar-refractivity contribution is 0.105. The summed E-state index contributed by atoms with van der Waals surface area (Å²) in [6.45, 7) is 3.99. The number of ether oxygens (including phenoxy) is 1. The molecule has 1 atom stereocenters. The van der Waals surface area contributed by atoms with Gasteiger partial charge in [0, 0.05) is 5.56 Å². The molecule has 4 rings (SSSR count). The van der Waals surface area contributed by atoms with Crippen molar-refractivity contribution in [1.82, 2.24) is 0 Å². The first kappa shape index (κ1) is 19.9. The van der Waals surface area contributed by atoms with E-state index in [0.29, 0.717) is 17.0 Å². The molecule has 3 heteroatoms. The normalized spacial score (nSPS) is 33.9. The van der Waals surface area contributed by atoms with Gasteiger partial charge in [-0.05, 0) is 93.1 Å². The SMILES string of the molecule is Cc1ccc(C2CCC(C3CCC(C4CCC(C)CC4)CC3)=CO2)c(F)c1F. The largest absolute Gasteiger partial charge is 0.493 e. The second-order valence-electron chi connectivity index (χ2n) is 9.59. The first-order chi connectivity index (χ1) is 13.5. The van der Waals surface area contributed by atoms with E-state index in [1.54, 1.807) is 19.1 Å². The number of allylic oxidation sites excluding steroid dienone is 1. The van der Waals surface area contributed by atoms with Gasteiger partial charge in [0.2, 0.25) is 0 Å². The highest BCUT2D eigenvalue weighted by atomic mass is 19.2. The standard InChI is InChI=1S/C25H34F2O/c1-16-3-6-18(7-4-16)19-8-10-20(11-9-19)21-12-14-23(28-15-21)22-13-5-17(2)24(26)25(22)27/h5,13,15-16,18-20,23H,3-4,6-12,14H2,1-2H3. The van der Waals surface area contributed by atoms with Gasteiger partial charge in [0.1, 0.15) is 6.10 Å².